The summed E-state index contributed by atoms with van der Waals surface area (Å²) < 4.78 is 16.4. The summed E-state index contributed by atoms with van der Waals surface area (Å²) in [5.41, 5.74) is 1.91. The number of nitrogens with zero attached hydrogens (tertiary/aromatic N) is 2. The molecule has 0 unspecified atom stereocenters. The number of carbonyl (C=O) groups excluding carboxylic acids is 3. The van der Waals surface area contributed by atoms with E-state index >= 15 is 0 Å². The summed E-state index contributed by atoms with van der Waals surface area (Å²) in [5.74, 6) is -0.349. The molecule has 8 heteroatoms. The first-order chi connectivity index (χ1) is 21.9. The molecule has 3 aromatic carbocycles. The van der Waals surface area contributed by atoms with E-state index in [0.29, 0.717) is 40.4 Å². The fourth-order valence-electron chi connectivity index (χ4n) is 4.59. The highest BCUT2D eigenvalue weighted by molar-refractivity contribution is 5.92. The van der Waals surface area contributed by atoms with E-state index in [1.165, 1.54) is 32.1 Å². The van der Waals surface area contributed by atoms with Gasteiger partial charge in [-0.2, -0.15) is 10.2 Å². The standard InChI is InChI=1S/C37H46N2O6/c1-4-6-8-10-11-13-15-35(40)44-33-26-22-32(23-27-33)39-38-31-20-16-29(17-21-31)37(42)45-34-24-18-30(19-25-34)36(41)43-28(3)14-12-9-7-5-2/h16-28H,4-15H2,1-3H3/t28-/m0/s1. The third-order valence-corrected chi connectivity index (χ3v) is 7.26. The molecule has 0 saturated heterocycles. The van der Waals surface area contributed by atoms with E-state index in [0.717, 1.165) is 38.5 Å². The van der Waals surface area contributed by atoms with Crippen molar-refractivity contribution in [3.05, 3.63) is 83.9 Å². The molecule has 0 aliphatic rings. The Hall–Kier alpha value is -4.33. The van der Waals surface area contributed by atoms with Crippen LogP contribution in [0.1, 0.15) is 119 Å². The summed E-state index contributed by atoms with van der Waals surface area (Å²) in [6, 6.07) is 19.7. The summed E-state index contributed by atoms with van der Waals surface area (Å²) in [6.45, 7) is 6.25. The number of azo groups is 1. The maximum absolute atomic E-state index is 12.6. The van der Waals surface area contributed by atoms with Gasteiger partial charge in [0.05, 0.1) is 28.6 Å². The van der Waals surface area contributed by atoms with Crippen molar-refractivity contribution < 1.29 is 28.6 Å². The molecule has 0 N–H and O–H groups in total. The molecule has 0 aromatic heterocycles. The third-order valence-electron chi connectivity index (χ3n) is 7.26. The van der Waals surface area contributed by atoms with Crippen molar-refractivity contribution in [1.29, 1.82) is 0 Å². The van der Waals surface area contributed by atoms with Crippen molar-refractivity contribution in [2.45, 2.75) is 104 Å². The molecule has 0 amide bonds. The number of rotatable bonds is 19. The predicted octanol–water partition coefficient (Wildman–Crippen LogP) is 10.5. The van der Waals surface area contributed by atoms with Crippen molar-refractivity contribution in [3.8, 4) is 11.5 Å². The van der Waals surface area contributed by atoms with Crippen LogP contribution >= 0.6 is 0 Å². The summed E-state index contributed by atoms with van der Waals surface area (Å²) >= 11 is 0. The number of esters is 3. The van der Waals surface area contributed by atoms with Crippen molar-refractivity contribution >= 4 is 29.3 Å². The Morgan fingerprint density at radius 2 is 1.04 bits per heavy atom. The van der Waals surface area contributed by atoms with Crippen LogP contribution in [0.3, 0.4) is 0 Å². The van der Waals surface area contributed by atoms with Gasteiger partial charge in [-0.15, -0.1) is 0 Å². The van der Waals surface area contributed by atoms with Crippen molar-refractivity contribution in [2.24, 2.45) is 10.2 Å². The fourth-order valence-corrected chi connectivity index (χ4v) is 4.59. The Morgan fingerprint density at radius 3 is 1.67 bits per heavy atom. The molecule has 0 bridgehead atoms. The first kappa shape index (κ1) is 35.2. The second-order valence-electron chi connectivity index (χ2n) is 11.2. The number of ether oxygens (including phenoxy) is 3. The first-order valence-corrected chi connectivity index (χ1v) is 16.2. The van der Waals surface area contributed by atoms with Crippen molar-refractivity contribution in [1.82, 2.24) is 0 Å². The molecule has 0 heterocycles. The van der Waals surface area contributed by atoms with E-state index in [-0.39, 0.29) is 18.0 Å². The number of hydrogen-bond donors (Lipinski definition) is 0. The van der Waals surface area contributed by atoms with Crippen LogP contribution in [0.25, 0.3) is 0 Å². The minimum atomic E-state index is -0.531. The highest BCUT2D eigenvalue weighted by Crippen LogP contribution is 2.23. The second kappa shape index (κ2) is 19.8. The van der Waals surface area contributed by atoms with Crippen molar-refractivity contribution in [3.63, 3.8) is 0 Å². The Bertz CT molecular complexity index is 1350. The minimum Gasteiger partial charge on any atom is -0.459 e. The lowest BCUT2D eigenvalue weighted by atomic mass is 10.1. The molecule has 0 aliphatic heterocycles. The van der Waals surface area contributed by atoms with E-state index in [1.54, 1.807) is 72.8 Å². The number of hydrogen-bond acceptors (Lipinski definition) is 8. The number of benzene rings is 3. The van der Waals surface area contributed by atoms with Crippen LogP contribution in [0.4, 0.5) is 11.4 Å². The monoisotopic (exact) mass is 614 g/mol. The molecule has 0 aliphatic carbocycles. The van der Waals surface area contributed by atoms with E-state index in [4.69, 9.17) is 14.2 Å². The van der Waals surface area contributed by atoms with Gasteiger partial charge in [-0.05, 0) is 99.0 Å². The smallest absolute Gasteiger partial charge is 0.343 e. The van der Waals surface area contributed by atoms with E-state index in [1.807, 2.05) is 6.92 Å². The predicted molar refractivity (Wildman–Crippen MR) is 176 cm³/mol. The molecule has 240 valence electrons. The number of carbonyl (C=O) groups is 3. The molecule has 45 heavy (non-hydrogen) atoms. The third kappa shape index (κ3) is 13.5. The van der Waals surface area contributed by atoms with E-state index in [2.05, 4.69) is 24.1 Å². The summed E-state index contributed by atoms with van der Waals surface area (Å²) in [4.78, 5) is 37.1. The van der Waals surface area contributed by atoms with Gasteiger partial charge in [-0.25, -0.2) is 9.59 Å². The molecule has 3 aromatic rings. The fraction of sp³-hybridized carbons (Fsp3) is 0.432. The van der Waals surface area contributed by atoms with Gasteiger partial charge in [0.25, 0.3) is 0 Å². The Labute approximate surface area is 267 Å². The van der Waals surface area contributed by atoms with Gasteiger partial charge in [-0.3, -0.25) is 4.79 Å². The van der Waals surface area contributed by atoms with Gasteiger partial charge < -0.3 is 14.2 Å². The van der Waals surface area contributed by atoms with Gasteiger partial charge in [0.2, 0.25) is 0 Å². The van der Waals surface area contributed by atoms with Crippen LogP contribution < -0.4 is 9.47 Å². The summed E-state index contributed by atoms with van der Waals surface area (Å²) in [5, 5.41) is 8.43. The van der Waals surface area contributed by atoms with Crippen LogP contribution in [0, 0.1) is 0 Å². The molecule has 1 atom stereocenters. The van der Waals surface area contributed by atoms with E-state index in [9.17, 15) is 14.4 Å². The van der Waals surface area contributed by atoms with Crippen LogP contribution in [0.2, 0.25) is 0 Å². The second-order valence-corrected chi connectivity index (χ2v) is 11.2. The van der Waals surface area contributed by atoms with Crippen LogP contribution in [-0.2, 0) is 9.53 Å². The molecule has 0 fully saturated rings. The van der Waals surface area contributed by atoms with Crippen LogP contribution in [0.5, 0.6) is 11.5 Å². The lowest BCUT2D eigenvalue weighted by Crippen LogP contribution is -2.15. The first-order valence-electron chi connectivity index (χ1n) is 16.2. The highest BCUT2D eigenvalue weighted by atomic mass is 16.5. The maximum atomic E-state index is 12.6. The van der Waals surface area contributed by atoms with Crippen LogP contribution in [-0.4, -0.2) is 24.0 Å². The Morgan fingerprint density at radius 1 is 0.578 bits per heavy atom. The summed E-state index contributed by atoms with van der Waals surface area (Å²) in [7, 11) is 0. The zero-order valence-corrected chi connectivity index (χ0v) is 26.8. The molecule has 3 rings (SSSR count). The zero-order chi connectivity index (χ0) is 32.3. The molecule has 8 nitrogen and oxygen atoms in total. The lowest BCUT2D eigenvalue weighted by molar-refractivity contribution is -0.134. The van der Waals surface area contributed by atoms with Gasteiger partial charge in [0.1, 0.15) is 11.5 Å². The van der Waals surface area contributed by atoms with Gasteiger partial charge in [0.15, 0.2) is 0 Å². The average molecular weight is 615 g/mol. The van der Waals surface area contributed by atoms with Gasteiger partial charge in [-0.1, -0.05) is 65.2 Å². The minimum absolute atomic E-state index is 0.147. The maximum Gasteiger partial charge on any atom is 0.343 e. The topological polar surface area (TPSA) is 104 Å². The molecule has 0 saturated carbocycles. The molecule has 0 spiro atoms. The largest absolute Gasteiger partial charge is 0.459 e. The number of unbranched alkanes of at least 4 members (excludes halogenated alkanes) is 8. The molecule has 0 radical (unpaired) electrons. The average Bonchev–Trinajstić information content (AvgIpc) is 3.05. The SMILES string of the molecule is CCCCCCCCC(=O)Oc1ccc(N=Nc2ccc(C(=O)Oc3ccc(C(=O)O[C@@H](C)CCCCCC)cc3)cc2)cc1. The Balaban J connectivity index is 1.42. The van der Waals surface area contributed by atoms with Crippen molar-refractivity contribution in [2.75, 3.05) is 0 Å². The zero-order valence-electron chi connectivity index (χ0n) is 26.8. The quantitative estimate of drug-likeness (QED) is 0.0576. The normalized spacial score (nSPS) is 11.7. The van der Waals surface area contributed by atoms with Gasteiger partial charge >= 0.3 is 17.9 Å². The van der Waals surface area contributed by atoms with E-state index < -0.39 is 5.97 Å². The molecular formula is C37H46N2O6. The Kier molecular flexibility index (Phi) is 15.5. The van der Waals surface area contributed by atoms with Gasteiger partial charge in [0, 0.05) is 6.42 Å². The highest BCUT2D eigenvalue weighted by Gasteiger charge is 2.14. The summed E-state index contributed by atoms with van der Waals surface area (Å²) in [6.07, 6.45) is 12.3. The lowest BCUT2D eigenvalue weighted by Gasteiger charge is -2.13. The molecular weight excluding hydrogens is 568 g/mol. The van der Waals surface area contributed by atoms with Crippen LogP contribution in [0.15, 0.2) is 83.0 Å².